The van der Waals surface area contributed by atoms with Crippen LogP contribution in [0.1, 0.15) is 31.5 Å². The molecule has 5 nitrogen and oxygen atoms in total. The second-order valence-corrected chi connectivity index (χ2v) is 5.82. The van der Waals surface area contributed by atoms with Crippen LogP contribution in [-0.2, 0) is 5.54 Å². The van der Waals surface area contributed by atoms with Gasteiger partial charge in [-0.25, -0.2) is 0 Å². The fourth-order valence-electron chi connectivity index (χ4n) is 3.07. The molecule has 2 heterocycles. The molecule has 0 spiro atoms. The van der Waals surface area contributed by atoms with Crippen molar-refractivity contribution in [3.63, 3.8) is 0 Å². The smallest absolute Gasteiger partial charge is 0.294 e. The Hall–Kier alpha value is -2.11. The zero-order chi connectivity index (χ0) is 15.0. The van der Waals surface area contributed by atoms with Crippen LogP contribution < -0.4 is 5.73 Å². The zero-order valence-corrected chi connectivity index (χ0v) is 13.4. The number of halogens is 1. The predicted octanol–water partition coefficient (Wildman–Crippen LogP) is 4.15. The van der Waals surface area contributed by atoms with Crippen molar-refractivity contribution in [2.45, 2.75) is 31.2 Å². The number of aromatic nitrogens is 2. The Kier molecular flexibility index (Phi) is 4.24. The minimum absolute atomic E-state index is 0. The molecule has 1 aliphatic rings. The van der Waals surface area contributed by atoms with Crippen molar-refractivity contribution >= 4 is 12.4 Å². The fraction of sp³-hybridized carbons (Fsp3) is 0.294. The first kappa shape index (κ1) is 15.8. The third-order valence-corrected chi connectivity index (χ3v) is 4.31. The van der Waals surface area contributed by atoms with Crippen molar-refractivity contribution in [3.8, 4) is 22.8 Å². The molecule has 0 radical (unpaired) electrons. The summed E-state index contributed by atoms with van der Waals surface area (Å²) in [7, 11) is 0. The van der Waals surface area contributed by atoms with E-state index >= 15 is 0 Å². The number of nitrogens with two attached hydrogens (primary N) is 1. The van der Waals surface area contributed by atoms with Crippen molar-refractivity contribution in [3.05, 3.63) is 48.5 Å². The van der Waals surface area contributed by atoms with E-state index in [1.807, 2.05) is 36.4 Å². The van der Waals surface area contributed by atoms with Crippen molar-refractivity contribution in [2.75, 3.05) is 0 Å². The lowest BCUT2D eigenvalue weighted by atomic mass is 9.99. The van der Waals surface area contributed by atoms with Gasteiger partial charge in [-0.15, -0.1) is 12.4 Å². The maximum absolute atomic E-state index is 6.38. The first-order valence-electron chi connectivity index (χ1n) is 7.53. The Balaban J connectivity index is 0.00000156. The summed E-state index contributed by atoms with van der Waals surface area (Å²) in [4.78, 5) is 4.50. The Morgan fingerprint density at radius 2 is 1.78 bits per heavy atom. The van der Waals surface area contributed by atoms with E-state index in [-0.39, 0.29) is 12.4 Å². The lowest BCUT2D eigenvalue weighted by Crippen LogP contribution is -2.34. The lowest BCUT2D eigenvalue weighted by molar-refractivity contribution is 0.368. The highest BCUT2D eigenvalue weighted by Crippen LogP contribution is 2.37. The van der Waals surface area contributed by atoms with E-state index in [0.29, 0.717) is 17.5 Å². The maximum atomic E-state index is 6.38. The number of furan rings is 1. The molecule has 1 saturated carbocycles. The average Bonchev–Trinajstić information content (AvgIpc) is 3.28. The van der Waals surface area contributed by atoms with Gasteiger partial charge in [0.2, 0.25) is 0 Å². The van der Waals surface area contributed by atoms with Gasteiger partial charge in [-0.2, -0.15) is 4.98 Å². The van der Waals surface area contributed by atoms with E-state index in [1.165, 1.54) is 0 Å². The molecule has 1 aliphatic carbocycles. The van der Waals surface area contributed by atoms with Crippen LogP contribution in [0.5, 0.6) is 0 Å². The molecule has 1 fully saturated rings. The molecule has 2 aromatic heterocycles. The van der Waals surface area contributed by atoms with Gasteiger partial charge in [0.05, 0.1) is 11.8 Å². The van der Waals surface area contributed by atoms with Gasteiger partial charge in [0.1, 0.15) is 0 Å². The minimum atomic E-state index is -0.457. The summed E-state index contributed by atoms with van der Waals surface area (Å²) < 4.78 is 11.0. The van der Waals surface area contributed by atoms with E-state index < -0.39 is 5.54 Å². The number of nitrogens with zero attached hydrogens (tertiary/aromatic N) is 2. The normalized spacial score (nSPS) is 16.2. The third kappa shape index (κ3) is 2.78. The second-order valence-electron chi connectivity index (χ2n) is 5.82. The van der Waals surface area contributed by atoms with E-state index in [0.717, 1.165) is 36.8 Å². The number of rotatable bonds is 3. The van der Waals surface area contributed by atoms with Gasteiger partial charge in [-0.05, 0) is 24.5 Å². The molecule has 23 heavy (non-hydrogen) atoms. The summed E-state index contributed by atoms with van der Waals surface area (Å²) >= 11 is 0. The molecule has 0 amide bonds. The SMILES string of the molecule is Cl.NC1(c2noc(-c3occc3-c3ccccc3)n2)CCCC1. The average molecular weight is 332 g/mol. The van der Waals surface area contributed by atoms with Gasteiger partial charge in [0, 0.05) is 5.56 Å². The zero-order valence-electron chi connectivity index (χ0n) is 12.6. The molecular weight excluding hydrogens is 314 g/mol. The molecular formula is C17H18ClN3O2. The lowest BCUT2D eigenvalue weighted by Gasteiger charge is -2.17. The van der Waals surface area contributed by atoms with Gasteiger partial charge in [-0.3, -0.25) is 0 Å². The van der Waals surface area contributed by atoms with Crippen LogP contribution in [0.25, 0.3) is 22.8 Å². The Bertz CT molecular complexity index is 776. The molecule has 120 valence electrons. The van der Waals surface area contributed by atoms with Crippen molar-refractivity contribution in [1.82, 2.24) is 10.1 Å². The van der Waals surface area contributed by atoms with Crippen LogP contribution in [0, 0.1) is 0 Å². The summed E-state index contributed by atoms with van der Waals surface area (Å²) in [5, 5.41) is 4.09. The third-order valence-electron chi connectivity index (χ3n) is 4.31. The highest BCUT2D eigenvalue weighted by Gasteiger charge is 2.36. The van der Waals surface area contributed by atoms with Crippen molar-refractivity contribution in [2.24, 2.45) is 5.73 Å². The Morgan fingerprint density at radius 3 is 2.52 bits per heavy atom. The largest absolute Gasteiger partial charge is 0.458 e. The highest BCUT2D eigenvalue weighted by atomic mass is 35.5. The second kappa shape index (κ2) is 6.18. The molecule has 0 atom stereocenters. The summed E-state index contributed by atoms with van der Waals surface area (Å²) in [6, 6.07) is 11.9. The van der Waals surface area contributed by atoms with Gasteiger partial charge in [0.15, 0.2) is 11.6 Å². The van der Waals surface area contributed by atoms with Crippen LogP contribution in [0.2, 0.25) is 0 Å². The summed E-state index contributed by atoms with van der Waals surface area (Å²) in [6.07, 6.45) is 5.65. The first-order valence-corrected chi connectivity index (χ1v) is 7.53. The van der Waals surface area contributed by atoms with Crippen LogP contribution >= 0.6 is 12.4 Å². The monoisotopic (exact) mass is 331 g/mol. The molecule has 1 aromatic carbocycles. The van der Waals surface area contributed by atoms with Gasteiger partial charge in [-0.1, -0.05) is 48.3 Å². The van der Waals surface area contributed by atoms with Crippen molar-refractivity contribution in [1.29, 1.82) is 0 Å². The molecule has 0 unspecified atom stereocenters. The molecule has 0 bridgehead atoms. The number of hydrogen-bond donors (Lipinski definition) is 1. The summed E-state index contributed by atoms with van der Waals surface area (Å²) in [5.41, 5.74) is 7.91. The topological polar surface area (TPSA) is 78.1 Å². The summed E-state index contributed by atoms with van der Waals surface area (Å²) in [5.74, 6) is 1.55. The Labute approximate surface area is 140 Å². The fourth-order valence-corrected chi connectivity index (χ4v) is 3.07. The quantitative estimate of drug-likeness (QED) is 0.780. The number of benzene rings is 1. The summed E-state index contributed by atoms with van der Waals surface area (Å²) in [6.45, 7) is 0. The van der Waals surface area contributed by atoms with Crippen LogP contribution in [-0.4, -0.2) is 10.1 Å². The van der Waals surface area contributed by atoms with Gasteiger partial charge in [0.25, 0.3) is 5.89 Å². The van der Waals surface area contributed by atoms with E-state index in [4.69, 9.17) is 14.7 Å². The minimum Gasteiger partial charge on any atom is -0.458 e. The molecule has 0 aliphatic heterocycles. The molecule has 2 N–H and O–H groups in total. The molecule has 6 heteroatoms. The van der Waals surface area contributed by atoms with E-state index in [1.54, 1.807) is 6.26 Å². The van der Waals surface area contributed by atoms with E-state index in [9.17, 15) is 0 Å². The standard InChI is InChI=1S/C17H17N3O2.ClH/c18-17(9-4-5-10-17)16-19-15(22-20-16)14-13(8-11-21-14)12-6-2-1-3-7-12;/h1-3,6-8,11H,4-5,9-10,18H2;1H. The van der Waals surface area contributed by atoms with E-state index in [2.05, 4.69) is 10.1 Å². The number of hydrogen-bond acceptors (Lipinski definition) is 5. The highest BCUT2D eigenvalue weighted by molar-refractivity contribution is 5.85. The predicted molar refractivity (Wildman–Crippen MR) is 89.0 cm³/mol. The first-order chi connectivity index (χ1) is 10.8. The van der Waals surface area contributed by atoms with Gasteiger partial charge >= 0.3 is 0 Å². The van der Waals surface area contributed by atoms with Crippen LogP contribution in [0.4, 0.5) is 0 Å². The molecule has 4 rings (SSSR count). The maximum Gasteiger partial charge on any atom is 0.294 e. The van der Waals surface area contributed by atoms with Gasteiger partial charge < -0.3 is 14.7 Å². The van der Waals surface area contributed by atoms with Crippen LogP contribution in [0.15, 0.2) is 51.6 Å². The Morgan fingerprint density at radius 1 is 1.04 bits per heavy atom. The van der Waals surface area contributed by atoms with Crippen LogP contribution in [0.3, 0.4) is 0 Å². The molecule has 0 saturated heterocycles. The van der Waals surface area contributed by atoms with Crippen molar-refractivity contribution < 1.29 is 8.94 Å². The molecule has 3 aromatic rings.